The van der Waals surface area contributed by atoms with Crippen molar-refractivity contribution in [1.82, 2.24) is 4.90 Å². The number of aliphatic hydroxyl groups is 1. The van der Waals surface area contributed by atoms with E-state index in [1.54, 1.807) is 0 Å². The molecular weight excluding hydrogens is 264 g/mol. The van der Waals surface area contributed by atoms with Gasteiger partial charge >= 0.3 is 0 Å². The number of rotatable bonds is 10. The highest BCUT2D eigenvalue weighted by Crippen LogP contribution is 2.23. The van der Waals surface area contributed by atoms with E-state index in [9.17, 15) is 0 Å². The number of hydrogen-bond acceptors (Lipinski definition) is 4. The Kier molecular flexibility index (Phi) is 8.16. The first kappa shape index (κ1) is 17.8. The van der Waals surface area contributed by atoms with E-state index in [0.29, 0.717) is 12.5 Å². The molecule has 0 aromatic heterocycles. The van der Waals surface area contributed by atoms with Crippen LogP contribution in [0, 0.1) is 5.92 Å². The maximum Gasteiger partial charge on any atom is 0.142 e. The first-order valence-corrected chi connectivity index (χ1v) is 7.91. The number of aryl methyl sites for hydroxylation is 1. The molecule has 0 aliphatic heterocycles. The summed E-state index contributed by atoms with van der Waals surface area (Å²) in [5.74, 6) is 1.28. The smallest absolute Gasteiger partial charge is 0.142 e. The van der Waals surface area contributed by atoms with Gasteiger partial charge in [-0.1, -0.05) is 26.8 Å². The molecule has 0 atom stereocenters. The lowest BCUT2D eigenvalue weighted by atomic mass is 10.1. The van der Waals surface area contributed by atoms with E-state index < -0.39 is 0 Å². The summed E-state index contributed by atoms with van der Waals surface area (Å²) in [5.41, 5.74) is 8.00. The summed E-state index contributed by atoms with van der Waals surface area (Å²) in [6.07, 6.45) is 2.07. The molecule has 1 aromatic rings. The normalized spacial score (nSPS) is 11.3. The summed E-state index contributed by atoms with van der Waals surface area (Å²) in [6, 6.07) is 6.07. The molecule has 1 rings (SSSR count). The van der Waals surface area contributed by atoms with Gasteiger partial charge in [-0.05, 0) is 49.5 Å². The zero-order valence-corrected chi connectivity index (χ0v) is 13.6. The molecule has 21 heavy (non-hydrogen) atoms. The van der Waals surface area contributed by atoms with Crippen LogP contribution in [0.3, 0.4) is 0 Å². The molecule has 0 radical (unpaired) electrons. The predicted octanol–water partition coefficient (Wildman–Crippen LogP) is 2.55. The van der Waals surface area contributed by atoms with Crippen molar-refractivity contribution in [2.24, 2.45) is 5.92 Å². The van der Waals surface area contributed by atoms with Crippen LogP contribution in [0.25, 0.3) is 0 Å². The predicted molar refractivity (Wildman–Crippen MR) is 88.7 cm³/mol. The second-order valence-electron chi connectivity index (χ2n) is 5.84. The van der Waals surface area contributed by atoms with Crippen molar-refractivity contribution >= 4 is 5.69 Å². The molecule has 0 saturated carbocycles. The second kappa shape index (κ2) is 9.64. The summed E-state index contributed by atoms with van der Waals surface area (Å²) in [4.78, 5) is 2.25. The van der Waals surface area contributed by atoms with Gasteiger partial charge in [-0.25, -0.2) is 0 Å². The van der Waals surface area contributed by atoms with E-state index in [2.05, 4.69) is 31.7 Å². The van der Waals surface area contributed by atoms with Gasteiger partial charge in [0, 0.05) is 6.54 Å². The SMILES string of the molecule is CCN(CCO)CCCc1ccc(OCC(C)C)c(N)c1. The van der Waals surface area contributed by atoms with Crippen molar-refractivity contribution in [2.45, 2.75) is 33.6 Å². The zero-order chi connectivity index (χ0) is 15.7. The minimum Gasteiger partial charge on any atom is -0.491 e. The number of ether oxygens (including phenoxy) is 1. The molecule has 0 bridgehead atoms. The maximum atomic E-state index is 8.97. The third-order valence-electron chi connectivity index (χ3n) is 3.45. The van der Waals surface area contributed by atoms with E-state index in [4.69, 9.17) is 15.6 Å². The van der Waals surface area contributed by atoms with Gasteiger partial charge in [0.15, 0.2) is 0 Å². The average molecular weight is 294 g/mol. The van der Waals surface area contributed by atoms with E-state index >= 15 is 0 Å². The first-order chi connectivity index (χ1) is 10.1. The van der Waals surface area contributed by atoms with Gasteiger partial charge in [0.05, 0.1) is 18.9 Å². The van der Waals surface area contributed by atoms with Crippen LogP contribution < -0.4 is 10.5 Å². The Bertz CT molecular complexity index is 408. The topological polar surface area (TPSA) is 58.7 Å². The standard InChI is InChI=1S/C17H30N2O2/c1-4-19(10-11-20)9-5-6-15-7-8-17(16(18)12-15)21-13-14(2)3/h7-8,12,14,20H,4-6,9-11,13,18H2,1-3H3. The fraction of sp³-hybridized carbons (Fsp3) is 0.647. The zero-order valence-electron chi connectivity index (χ0n) is 13.6. The summed E-state index contributed by atoms with van der Waals surface area (Å²) in [7, 11) is 0. The van der Waals surface area contributed by atoms with Crippen LogP contribution >= 0.6 is 0 Å². The van der Waals surface area contributed by atoms with Crippen LogP contribution in [0.1, 0.15) is 32.8 Å². The molecule has 0 aliphatic carbocycles. The number of nitrogens with zero attached hydrogens (tertiary/aromatic N) is 1. The highest BCUT2D eigenvalue weighted by atomic mass is 16.5. The van der Waals surface area contributed by atoms with Gasteiger partial charge in [-0.2, -0.15) is 0 Å². The molecule has 4 heteroatoms. The van der Waals surface area contributed by atoms with Gasteiger partial charge < -0.3 is 20.5 Å². The van der Waals surface area contributed by atoms with Gasteiger partial charge in [-0.3, -0.25) is 0 Å². The Balaban J connectivity index is 2.44. The molecule has 0 spiro atoms. The lowest BCUT2D eigenvalue weighted by molar-refractivity contribution is 0.200. The molecule has 0 aliphatic rings. The number of nitrogens with two attached hydrogens (primary N) is 1. The summed E-state index contributed by atoms with van der Waals surface area (Å²) < 4.78 is 5.68. The number of hydrogen-bond donors (Lipinski definition) is 2. The minimum absolute atomic E-state index is 0.225. The number of benzene rings is 1. The highest BCUT2D eigenvalue weighted by molar-refractivity contribution is 5.54. The molecule has 120 valence electrons. The van der Waals surface area contributed by atoms with Crippen LogP contribution in [0.15, 0.2) is 18.2 Å². The Hall–Kier alpha value is -1.26. The molecular formula is C17H30N2O2. The van der Waals surface area contributed by atoms with E-state index in [0.717, 1.165) is 43.9 Å². The van der Waals surface area contributed by atoms with Crippen molar-refractivity contribution in [3.63, 3.8) is 0 Å². The van der Waals surface area contributed by atoms with Gasteiger partial charge in [0.2, 0.25) is 0 Å². The van der Waals surface area contributed by atoms with Crippen molar-refractivity contribution in [1.29, 1.82) is 0 Å². The Morgan fingerprint density at radius 3 is 2.62 bits per heavy atom. The van der Waals surface area contributed by atoms with Crippen LogP contribution in [0.4, 0.5) is 5.69 Å². The molecule has 1 aromatic carbocycles. The van der Waals surface area contributed by atoms with Crippen LogP contribution in [0.5, 0.6) is 5.75 Å². The average Bonchev–Trinajstić information content (AvgIpc) is 2.45. The van der Waals surface area contributed by atoms with E-state index in [1.165, 1.54) is 5.56 Å². The molecule has 3 N–H and O–H groups in total. The molecule has 0 heterocycles. The third kappa shape index (κ3) is 6.82. The first-order valence-electron chi connectivity index (χ1n) is 7.91. The Morgan fingerprint density at radius 1 is 1.29 bits per heavy atom. The quantitative estimate of drug-likeness (QED) is 0.651. The largest absolute Gasteiger partial charge is 0.491 e. The van der Waals surface area contributed by atoms with Crippen molar-refractivity contribution in [3.8, 4) is 5.75 Å². The summed E-state index contributed by atoms with van der Waals surface area (Å²) in [6.45, 7) is 10.0. The van der Waals surface area contributed by atoms with E-state index in [-0.39, 0.29) is 6.61 Å². The molecule has 4 nitrogen and oxygen atoms in total. The van der Waals surface area contributed by atoms with Crippen LogP contribution in [-0.2, 0) is 6.42 Å². The lowest BCUT2D eigenvalue weighted by Crippen LogP contribution is -2.27. The number of aliphatic hydroxyl groups excluding tert-OH is 1. The molecule has 0 fully saturated rings. The van der Waals surface area contributed by atoms with E-state index in [1.807, 2.05) is 12.1 Å². The third-order valence-corrected chi connectivity index (χ3v) is 3.45. The molecule has 0 saturated heterocycles. The number of nitrogen functional groups attached to an aromatic ring is 1. The van der Waals surface area contributed by atoms with Crippen LogP contribution in [0.2, 0.25) is 0 Å². The fourth-order valence-electron chi connectivity index (χ4n) is 2.22. The molecule has 0 unspecified atom stereocenters. The maximum absolute atomic E-state index is 8.97. The minimum atomic E-state index is 0.225. The van der Waals surface area contributed by atoms with Crippen molar-refractivity contribution in [2.75, 3.05) is 38.6 Å². The summed E-state index contributed by atoms with van der Waals surface area (Å²) >= 11 is 0. The monoisotopic (exact) mass is 294 g/mol. The number of anilines is 1. The number of likely N-dealkylation sites (N-methyl/N-ethyl adjacent to an activating group) is 1. The summed E-state index contributed by atoms with van der Waals surface area (Å²) in [5, 5.41) is 8.97. The van der Waals surface area contributed by atoms with Crippen molar-refractivity contribution in [3.05, 3.63) is 23.8 Å². The van der Waals surface area contributed by atoms with Gasteiger partial charge in [0.25, 0.3) is 0 Å². The highest BCUT2D eigenvalue weighted by Gasteiger charge is 2.05. The van der Waals surface area contributed by atoms with Gasteiger partial charge in [-0.15, -0.1) is 0 Å². The Morgan fingerprint density at radius 2 is 2.05 bits per heavy atom. The van der Waals surface area contributed by atoms with Gasteiger partial charge in [0.1, 0.15) is 5.75 Å². The van der Waals surface area contributed by atoms with Crippen LogP contribution in [-0.4, -0.2) is 42.9 Å². The lowest BCUT2D eigenvalue weighted by Gasteiger charge is -2.19. The van der Waals surface area contributed by atoms with Crippen molar-refractivity contribution < 1.29 is 9.84 Å². The molecule has 0 amide bonds. The fourth-order valence-corrected chi connectivity index (χ4v) is 2.22. The Labute approximate surface area is 128 Å². The second-order valence-corrected chi connectivity index (χ2v) is 5.84.